The maximum absolute atomic E-state index is 13.9. The lowest BCUT2D eigenvalue weighted by atomic mass is 9.92. The number of ether oxygens (including phenoxy) is 1. The normalized spacial score (nSPS) is 12.6. The number of hydrogen-bond acceptors (Lipinski definition) is 5. The lowest BCUT2D eigenvalue weighted by Gasteiger charge is -2.30. The summed E-state index contributed by atoms with van der Waals surface area (Å²) in [5.74, 6) is 0.716. The predicted octanol–water partition coefficient (Wildman–Crippen LogP) is 6.37. The second-order valence-corrected chi connectivity index (χ2v) is 10.5. The van der Waals surface area contributed by atoms with Gasteiger partial charge in [-0.3, -0.25) is 4.79 Å². The zero-order valence-corrected chi connectivity index (χ0v) is 24.6. The minimum absolute atomic E-state index is 0.120. The molecule has 41 heavy (non-hydrogen) atoms. The number of rotatable bonds is 12. The number of carboxylic acids is 1. The van der Waals surface area contributed by atoms with E-state index in [1.54, 1.807) is 29.8 Å². The Hall–Kier alpha value is -4.26. The third-order valence-electron chi connectivity index (χ3n) is 7.40. The second kappa shape index (κ2) is 12.9. The van der Waals surface area contributed by atoms with Gasteiger partial charge < -0.3 is 9.84 Å². The predicted molar refractivity (Wildman–Crippen MR) is 161 cm³/mol. The van der Waals surface area contributed by atoms with E-state index in [9.17, 15) is 14.7 Å². The SMILES string of the molecule is CCCc1cc(Cc2c(CC)nc(C)n(-c3ccccn3)c2=O)cc(CCC)c1OC(C)(C(=O)O)c1ccccc1. The highest BCUT2D eigenvalue weighted by molar-refractivity contribution is 5.79. The molecular weight excluding hydrogens is 514 g/mol. The molecule has 0 aliphatic heterocycles. The monoisotopic (exact) mass is 553 g/mol. The molecule has 1 unspecified atom stereocenters. The van der Waals surface area contributed by atoms with Crippen LogP contribution in [-0.4, -0.2) is 25.6 Å². The number of aromatic nitrogens is 3. The first-order valence-electron chi connectivity index (χ1n) is 14.4. The van der Waals surface area contributed by atoms with Crippen LogP contribution in [0, 0.1) is 6.92 Å². The van der Waals surface area contributed by atoms with E-state index < -0.39 is 11.6 Å². The van der Waals surface area contributed by atoms with E-state index in [4.69, 9.17) is 9.72 Å². The molecule has 0 amide bonds. The van der Waals surface area contributed by atoms with Crippen molar-refractivity contribution in [1.29, 1.82) is 0 Å². The molecule has 7 heteroatoms. The molecule has 4 rings (SSSR count). The topological polar surface area (TPSA) is 94.3 Å². The maximum Gasteiger partial charge on any atom is 0.352 e. The Bertz CT molecular complexity index is 1540. The molecule has 214 valence electrons. The molecule has 2 heterocycles. The number of aryl methyl sites for hydroxylation is 4. The second-order valence-electron chi connectivity index (χ2n) is 10.5. The summed E-state index contributed by atoms with van der Waals surface area (Å²) in [6.07, 6.45) is 5.86. The molecular formula is C34H39N3O4. The molecule has 0 aliphatic carbocycles. The molecule has 0 fully saturated rings. The average molecular weight is 554 g/mol. The van der Waals surface area contributed by atoms with Crippen molar-refractivity contribution in [3.63, 3.8) is 0 Å². The minimum Gasteiger partial charge on any atom is -0.478 e. The fourth-order valence-corrected chi connectivity index (χ4v) is 5.30. The van der Waals surface area contributed by atoms with Gasteiger partial charge in [0.05, 0.1) is 5.69 Å². The molecule has 0 spiro atoms. The van der Waals surface area contributed by atoms with Crippen LogP contribution in [-0.2, 0) is 36.1 Å². The number of nitrogens with zero attached hydrogens (tertiary/aromatic N) is 3. The van der Waals surface area contributed by atoms with Crippen LogP contribution < -0.4 is 10.3 Å². The van der Waals surface area contributed by atoms with E-state index in [1.807, 2.05) is 50.2 Å². The van der Waals surface area contributed by atoms with Crippen molar-refractivity contribution in [3.8, 4) is 11.6 Å². The minimum atomic E-state index is -1.56. The summed E-state index contributed by atoms with van der Waals surface area (Å²) in [7, 11) is 0. The molecule has 0 saturated carbocycles. The van der Waals surface area contributed by atoms with Gasteiger partial charge in [-0.1, -0.05) is 82.1 Å². The van der Waals surface area contributed by atoms with Gasteiger partial charge in [0, 0.05) is 23.7 Å². The molecule has 1 N–H and O–H groups in total. The number of carbonyl (C=O) groups is 1. The number of benzene rings is 2. The molecule has 1 atom stereocenters. The first-order valence-corrected chi connectivity index (χ1v) is 14.4. The van der Waals surface area contributed by atoms with E-state index in [2.05, 4.69) is 31.0 Å². The van der Waals surface area contributed by atoms with Gasteiger partial charge in [-0.05, 0) is 61.9 Å². The molecule has 0 saturated heterocycles. The molecule has 2 aromatic heterocycles. The summed E-state index contributed by atoms with van der Waals surface area (Å²) >= 11 is 0. The highest BCUT2D eigenvalue weighted by atomic mass is 16.5. The van der Waals surface area contributed by atoms with E-state index in [0.717, 1.165) is 48.1 Å². The largest absolute Gasteiger partial charge is 0.478 e. The summed E-state index contributed by atoms with van der Waals surface area (Å²) in [6.45, 7) is 9.63. The Kier molecular flexibility index (Phi) is 9.38. The van der Waals surface area contributed by atoms with E-state index in [0.29, 0.717) is 41.4 Å². The highest BCUT2D eigenvalue weighted by Crippen LogP contribution is 2.36. The van der Waals surface area contributed by atoms with Gasteiger partial charge in [0.15, 0.2) is 0 Å². The molecule has 0 bridgehead atoms. The van der Waals surface area contributed by atoms with Gasteiger partial charge in [0.25, 0.3) is 5.56 Å². The fourth-order valence-electron chi connectivity index (χ4n) is 5.30. The Morgan fingerprint density at radius 3 is 2.15 bits per heavy atom. The Morgan fingerprint density at radius 2 is 1.61 bits per heavy atom. The van der Waals surface area contributed by atoms with Gasteiger partial charge >= 0.3 is 5.97 Å². The van der Waals surface area contributed by atoms with Crippen molar-refractivity contribution in [2.45, 2.75) is 78.7 Å². The first-order chi connectivity index (χ1) is 19.7. The van der Waals surface area contributed by atoms with Crippen molar-refractivity contribution in [3.05, 3.63) is 117 Å². The molecule has 0 aliphatic rings. The third-order valence-corrected chi connectivity index (χ3v) is 7.40. The molecule has 2 aromatic carbocycles. The Labute approximate surface area is 241 Å². The van der Waals surface area contributed by atoms with Crippen LogP contribution in [0.1, 0.15) is 79.9 Å². The van der Waals surface area contributed by atoms with Crippen molar-refractivity contribution in [2.75, 3.05) is 0 Å². The molecule has 7 nitrogen and oxygen atoms in total. The quantitative estimate of drug-likeness (QED) is 0.219. The molecule has 4 aromatic rings. The summed E-state index contributed by atoms with van der Waals surface area (Å²) in [6, 6.07) is 18.7. The number of pyridine rings is 1. The van der Waals surface area contributed by atoms with Crippen LogP contribution in [0.25, 0.3) is 5.82 Å². The summed E-state index contributed by atoms with van der Waals surface area (Å²) in [5, 5.41) is 10.3. The van der Waals surface area contributed by atoms with Crippen LogP contribution in [0.3, 0.4) is 0 Å². The summed E-state index contributed by atoms with van der Waals surface area (Å²) < 4.78 is 8.07. The van der Waals surface area contributed by atoms with Crippen LogP contribution in [0.5, 0.6) is 5.75 Å². The van der Waals surface area contributed by atoms with Crippen LogP contribution in [0.15, 0.2) is 71.7 Å². The zero-order valence-electron chi connectivity index (χ0n) is 24.6. The van der Waals surface area contributed by atoms with Crippen molar-refractivity contribution < 1.29 is 14.6 Å². The standard InChI is InChI=1S/C34H39N3O4/c1-6-14-25-20-24(22-28-29(8-3)36-23(4)37(32(28)38)30-18-12-13-19-35-30)21-26(15-7-2)31(25)41-34(5,33(39)40)27-16-10-9-11-17-27/h9-13,16-21H,6-8,14-15,22H2,1-5H3,(H,39,40). The van der Waals surface area contributed by atoms with E-state index >= 15 is 0 Å². The summed E-state index contributed by atoms with van der Waals surface area (Å²) in [5.41, 5.74) is 3.19. The molecule has 0 radical (unpaired) electrons. The Balaban J connectivity index is 1.85. The average Bonchev–Trinajstić information content (AvgIpc) is 2.97. The van der Waals surface area contributed by atoms with Gasteiger partial charge in [0.1, 0.15) is 17.4 Å². The van der Waals surface area contributed by atoms with E-state index in [-0.39, 0.29) is 5.56 Å². The smallest absolute Gasteiger partial charge is 0.352 e. The van der Waals surface area contributed by atoms with Crippen molar-refractivity contribution in [1.82, 2.24) is 14.5 Å². The lowest BCUT2D eigenvalue weighted by Crippen LogP contribution is -2.39. The first kappa shape index (κ1) is 29.7. The third kappa shape index (κ3) is 6.24. The van der Waals surface area contributed by atoms with Gasteiger partial charge in [0.2, 0.25) is 5.60 Å². The highest BCUT2D eigenvalue weighted by Gasteiger charge is 2.39. The van der Waals surface area contributed by atoms with Gasteiger partial charge in [-0.15, -0.1) is 0 Å². The van der Waals surface area contributed by atoms with Crippen LogP contribution in [0.2, 0.25) is 0 Å². The van der Waals surface area contributed by atoms with Crippen LogP contribution >= 0.6 is 0 Å². The van der Waals surface area contributed by atoms with Crippen molar-refractivity contribution in [2.24, 2.45) is 0 Å². The Morgan fingerprint density at radius 1 is 0.976 bits per heavy atom. The fraction of sp³-hybridized carbons (Fsp3) is 0.353. The van der Waals surface area contributed by atoms with E-state index in [1.165, 1.54) is 0 Å². The number of carboxylic acid groups (broad SMARTS) is 1. The van der Waals surface area contributed by atoms with Crippen LogP contribution in [0.4, 0.5) is 0 Å². The van der Waals surface area contributed by atoms with Gasteiger partial charge in [-0.25, -0.2) is 19.3 Å². The number of hydrogen-bond donors (Lipinski definition) is 1. The van der Waals surface area contributed by atoms with Gasteiger partial charge in [-0.2, -0.15) is 0 Å². The number of aliphatic carboxylic acids is 1. The summed E-state index contributed by atoms with van der Waals surface area (Å²) in [4.78, 5) is 35.6. The van der Waals surface area contributed by atoms with Crippen molar-refractivity contribution >= 4 is 5.97 Å². The zero-order chi connectivity index (χ0) is 29.6. The maximum atomic E-state index is 13.9. The lowest BCUT2D eigenvalue weighted by molar-refractivity contribution is -0.154.